The number of piperidine rings is 1. The van der Waals surface area contributed by atoms with E-state index >= 15 is 0 Å². The van der Waals surface area contributed by atoms with Crippen LogP contribution in [0.5, 0.6) is 0 Å². The van der Waals surface area contributed by atoms with E-state index in [1.165, 1.54) is 5.56 Å². The third kappa shape index (κ3) is 4.22. The Labute approximate surface area is 171 Å². The van der Waals surface area contributed by atoms with Crippen molar-refractivity contribution in [3.8, 4) is 16.8 Å². The van der Waals surface area contributed by atoms with Crippen molar-refractivity contribution in [1.82, 2.24) is 25.6 Å². The van der Waals surface area contributed by atoms with E-state index in [1.807, 2.05) is 37.3 Å². The fraction of sp³-hybridized carbons (Fsp3) is 0.348. The standard InChI is InChI=1S/C23H27N5O/c1-17-21(22(29)25-16-23(2)12-14-24-15-13-23)26-27-28(17)20-10-8-19(9-11-20)18-6-4-3-5-7-18/h3-11,24H,12-16H2,1-2H3,(H,25,29). The number of nitrogens with one attached hydrogen (secondary N) is 2. The van der Waals surface area contributed by atoms with Crippen LogP contribution in [0.1, 0.15) is 35.9 Å². The summed E-state index contributed by atoms with van der Waals surface area (Å²) < 4.78 is 1.72. The van der Waals surface area contributed by atoms with Crippen molar-refractivity contribution in [1.29, 1.82) is 0 Å². The number of nitrogens with zero attached hydrogens (tertiary/aromatic N) is 3. The SMILES string of the molecule is Cc1c(C(=O)NCC2(C)CCNCC2)nnn1-c1ccc(-c2ccccc2)cc1. The normalized spacial score (nSPS) is 15.8. The lowest BCUT2D eigenvalue weighted by molar-refractivity contribution is 0.0916. The molecule has 150 valence electrons. The van der Waals surface area contributed by atoms with E-state index in [1.54, 1.807) is 4.68 Å². The highest BCUT2D eigenvalue weighted by molar-refractivity contribution is 5.93. The summed E-state index contributed by atoms with van der Waals surface area (Å²) in [5, 5.41) is 14.8. The molecule has 1 aliphatic rings. The second kappa shape index (κ2) is 8.17. The summed E-state index contributed by atoms with van der Waals surface area (Å²) in [4.78, 5) is 12.7. The number of hydrogen-bond acceptors (Lipinski definition) is 4. The second-order valence-corrected chi connectivity index (χ2v) is 8.09. The van der Waals surface area contributed by atoms with Gasteiger partial charge < -0.3 is 10.6 Å². The predicted octanol–water partition coefficient (Wildman–Crippen LogP) is 3.36. The van der Waals surface area contributed by atoms with E-state index in [9.17, 15) is 4.79 Å². The maximum Gasteiger partial charge on any atom is 0.273 e. The zero-order valence-corrected chi connectivity index (χ0v) is 17.0. The van der Waals surface area contributed by atoms with Crippen LogP contribution in [0.3, 0.4) is 0 Å². The number of hydrogen-bond donors (Lipinski definition) is 2. The number of carbonyl (C=O) groups excluding carboxylic acids is 1. The highest BCUT2D eigenvalue weighted by Crippen LogP contribution is 2.27. The molecule has 29 heavy (non-hydrogen) atoms. The molecule has 0 unspecified atom stereocenters. The van der Waals surface area contributed by atoms with Crippen molar-refractivity contribution in [3.63, 3.8) is 0 Å². The quantitative estimate of drug-likeness (QED) is 0.702. The number of aromatic nitrogens is 3. The Hall–Kier alpha value is -2.99. The lowest BCUT2D eigenvalue weighted by Gasteiger charge is -2.34. The number of carbonyl (C=O) groups is 1. The van der Waals surface area contributed by atoms with Crippen LogP contribution in [-0.2, 0) is 0 Å². The lowest BCUT2D eigenvalue weighted by Crippen LogP contribution is -2.43. The first-order valence-corrected chi connectivity index (χ1v) is 10.1. The third-order valence-corrected chi connectivity index (χ3v) is 5.82. The molecule has 1 saturated heterocycles. The fourth-order valence-corrected chi connectivity index (χ4v) is 3.79. The van der Waals surface area contributed by atoms with E-state index in [2.05, 4.69) is 52.1 Å². The highest BCUT2D eigenvalue weighted by atomic mass is 16.2. The van der Waals surface area contributed by atoms with Gasteiger partial charge in [-0.1, -0.05) is 54.6 Å². The molecule has 0 radical (unpaired) electrons. The largest absolute Gasteiger partial charge is 0.350 e. The lowest BCUT2D eigenvalue weighted by atomic mass is 9.81. The first-order chi connectivity index (χ1) is 14.1. The minimum absolute atomic E-state index is 0.137. The molecule has 4 rings (SSSR count). The van der Waals surface area contributed by atoms with Gasteiger partial charge >= 0.3 is 0 Å². The zero-order chi connectivity index (χ0) is 20.3. The van der Waals surface area contributed by atoms with E-state index in [-0.39, 0.29) is 11.3 Å². The van der Waals surface area contributed by atoms with E-state index in [4.69, 9.17) is 0 Å². The summed E-state index contributed by atoms with van der Waals surface area (Å²) in [6.45, 7) is 6.77. The van der Waals surface area contributed by atoms with Crippen LogP contribution < -0.4 is 10.6 Å². The molecule has 3 aromatic rings. The molecule has 0 saturated carbocycles. The van der Waals surface area contributed by atoms with Crippen LogP contribution >= 0.6 is 0 Å². The average molecular weight is 390 g/mol. The molecule has 0 aliphatic carbocycles. The maximum atomic E-state index is 12.7. The van der Waals surface area contributed by atoms with Gasteiger partial charge in [-0.25, -0.2) is 4.68 Å². The Bertz CT molecular complexity index is 972. The van der Waals surface area contributed by atoms with Crippen LogP contribution in [0.2, 0.25) is 0 Å². The molecule has 1 amide bonds. The van der Waals surface area contributed by atoms with Crippen molar-refractivity contribution < 1.29 is 4.79 Å². The van der Waals surface area contributed by atoms with Gasteiger partial charge in [0, 0.05) is 6.54 Å². The van der Waals surface area contributed by atoms with Gasteiger partial charge in [0.15, 0.2) is 5.69 Å². The summed E-state index contributed by atoms with van der Waals surface area (Å²) in [6, 6.07) is 18.4. The summed E-state index contributed by atoms with van der Waals surface area (Å²) in [6.07, 6.45) is 2.12. The highest BCUT2D eigenvalue weighted by Gasteiger charge is 2.28. The topological polar surface area (TPSA) is 71.8 Å². The molecule has 1 aliphatic heterocycles. The Morgan fingerprint density at radius 1 is 1.07 bits per heavy atom. The van der Waals surface area contributed by atoms with Crippen LogP contribution in [0.4, 0.5) is 0 Å². The Morgan fingerprint density at radius 3 is 2.41 bits per heavy atom. The Morgan fingerprint density at radius 2 is 1.72 bits per heavy atom. The molecule has 1 aromatic heterocycles. The fourth-order valence-electron chi connectivity index (χ4n) is 3.79. The molecule has 2 heterocycles. The molecule has 6 nitrogen and oxygen atoms in total. The van der Waals surface area contributed by atoms with Gasteiger partial charge in [-0.05, 0) is 61.5 Å². The minimum Gasteiger partial charge on any atom is -0.350 e. The van der Waals surface area contributed by atoms with Gasteiger partial charge in [0.2, 0.25) is 0 Å². The van der Waals surface area contributed by atoms with Gasteiger partial charge in [0.05, 0.1) is 11.4 Å². The van der Waals surface area contributed by atoms with Crippen molar-refractivity contribution in [2.75, 3.05) is 19.6 Å². The smallest absolute Gasteiger partial charge is 0.273 e. The molecule has 0 atom stereocenters. The van der Waals surface area contributed by atoms with Gasteiger partial charge in [0.25, 0.3) is 5.91 Å². The van der Waals surface area contributed by atoms with Crippen LogP contribution in [0, 0.1) is 12.3 Å². The first-order valence-electron chi connectivity index (χ1n) is 10.1. The summed E-state index contributed by atoms with van der Waals surface area (Å²) in [7, 11) is 0. The van der Waals surface area contributed by atoms with Crippen LogP contribution in [-0.4, -0.2) is 40.5 Å². The number of rotatable bonds is 5. The second-order valence-electron chi connectivity index (χ2n) is 8.09. The molecule has 0 spiro atoms. The average Bonchev–Trinajstić information content (AvgIpc) is 3.15. The van der Waals surface area contributed by atoms with E-state index in [0.717, 1.165) is 42.9 Å². The first kappa shape index (κ1) is 19.3. The third-order valence-electron chi connectivity index (χ3n) is 5.82. The molecular weight excluding hydrogens is 362 g/mol. The van der Waals surface area contributed by atoms with Crippen molar-refractivity contribution in [3.05, 3.63) is 66.0 Å². The molecule has 0 bridgehead atoms. The Kier molecular flexibility index (Phi) is 5.45. The summed E-state index contributed by atoms with van der Waals surface area (Å²) >= 11 is 0. The van der Waals surface area contributed by atoms with Crippen LogP contribution in [0.15, 0.2) is 54.6 Å². The predicted molar refractivity (Wildman–Crippen MR) is 114 cm³/mol. The zero-order valence-electron chi connectivity index (χ0n) is 17.0. The summed E-state index contributed by atoms with van der Waals surface area (Å²) in [5.41, 5.74) is 4.46. The van der Waals surface area contributed by atoms with Crippen molar-refractivity contribution >= 4 is 5.91 Å². The van der Waals surface area contributed by atoms with Gasteiger partial charge in [0.1, 0.15) is 0 Å². The minimum atomic E-state index is -0.158. The van der Waals surface area contributed by atoms with Crippen LogP contribution in [0.25, 0.3) is 16.8 Å². The van der Waals surface area contributed by atoms with Gasteiger partial charge in [-0.3, -0.25) is 4.79 Å². The number of amides is 1. The molecule has 6 heteroatoms. The Balaban J connectivity index is 1.47. The maximum absolute atomic E-state index is 12.7. The van der Waals surface area contributed by atoms with Gasteiger partial charge in [-0.2, -0.15) is 0 Å². The van der Waals surface area contributed by atoms with Crippen molar-refractivity contribution in [2.24, 2.45) is 5.41 Å². The summed E-state index contributed by atoms with van der Waals surface area (Å²) in [5.74, 6) is -0.158. The number of benzene rings is 2. The molecular formula is C23H27N5O. The van der Waals surface area contributed by atoms with Gasteiger partial charge in [-0.15, -0.1) is 5.10 Å². The van der Waals surface area contributed by atoms with E-state index < -0.39 is 0 Å². The van der Waals surface area contributed by atoms with Crippen molar-refractivity contribution in [2.45, 2.75) is 26.7 Å². The van der Waals surface area contributed by atoms with E-state index in [0.29, 0.717) is 12.2 Å². The molecule has 1 fully saturated rings. The molecule has 2 aromatic carbocycles. The monoisotopic (exact) mass is 389 g/mol. The molecule has 2 N–H and O–H groups in total.